The number of carbonyl (C=O) groups excluding carboxylic acids is 2. The van der Waals surface area contributed by atoms with E-state index in [0.29, 0.717) is 11.1 Å². The van der Waals surface area contributed by atoms with Gasteiger partial charge in [0.15, 0.2) is 6.10 Å². The van der Waals surface area contributed by atoms with Crippen molar-refractivity contribution in [1.82, 2.24) is 0 Å². The molecule has 0 spiro atoms. The van der Waals surface area contributed by atoms with Crippen molar-refractivity contribution in [3.05, 3.63) is 101 Å². The topological polar surface area (TPSA) is 55.4 Å². The SMILES string of the molecule is CC(OC(=O)C(c1ccccc1)c1ccccc1)C(=O)Nc1cc(C(F)(F)F)ccc1Cl. The number of rotatable bonds is 6. The highest BCUT2D eigenvalue weighted by atomic mass is 35.5. The molecule has 0 saturated carbocycles. The molecule has 3 aromatic rings. The van der Waals surface area contributed by atoms with Crippen LogP contribution in [0.5, 0.6) is 0 Å². The molecule has 1 N–H and O–H groups in total. The maximum atomic E-state index is 13.0. The molecule has 1 amide bonds. The quantitative estimate of drug-likeness (QED) is 0.454. The molecule has 1 unspecified atom stereocenters. The highest BCUT2D eigenvalue weighted by molar-refractivity contribution is 6.33. The van der Waals surface area contributed by atoms with Gasteiger partial charge >= 0.3 is 12.1 Å². The van der Waals surface area contributed by atoms with Crippen LogP contribution in [-0.4, -0.2) is 18.0 Å². The maximum absolute atomic E-state index is 13.0. The summed E-state index contributed by atoms with van der Waals surface area (Å²) in [7, 11) is 0. The molecule has 166 valence electrons. The van der Waals surface area contributed by atoms with Crippen molar-refractivity contribution < 1.29 is 27.5 Å². The number of amides is 1. The van der Waals surface area contributed by atoms with E-state index in [-0.39, 0.29) is 10.7 Å². The molecule has 4 nitrogen and oxygen atoms in total. The molecule has 0 fully saturated rings. The Bertz CT molecular complexity index is 1050. The van der Waals surface area contributed by atoms with Gasteiger partial charge in [-0.25, -0.2) is 0 Å². The van der Waals surface area contributed by atoms with Crippen LogP contribution < -0.4 is 5.32 Å². The molecule has 0 aliphatic carbocycles. The fourth-order valence-electron chi connectivity index (χ4n) is 3.08. The molecule has 8 heteroatoms. The van der Waals surface area contributed by atoms with Crippen LogP contribution in [0.3, 0.4) is 0 Å². The number of alkyl halides is 3. The summed E-state index contributed by atoms with van der Waals surface area (Å²) in [5.74, 6) is -2.25. The number of esters is 1. The Morgan fingerprint density at radius 2 is 1.44 bits per heavy atom. The smallest absolute Gasteiger partial charge is 0.416 e. The van der Waals surface area contributed by atoms with Gasteiger partial charge in [-0.2, -0.15) is 13.2 Å². The normalized spacial score (nSPS) is 12.3. The zero-order valence-corrected chi connectivity index (χ0v) is 17.7. The van der Waals surface area contributed by atoms with E-state index in [1.54, 1.807) is 48.5 Å². The van der Waals surface area contributed by atoms with Crippen molar-refractivity contribution in [2.45, 2.75) is 25.1 Å². The third kappa shape index (κ3) is 5.68. The maximum Gasteiger partial charge on any atom is 0.416 e. The lowest BCUT2D eigenvalue weighted by atomic mass is 9.91. The second kappa shape index (κ2) is 9.87. The van der Waals surface area contributed by atoms with E-state index >= 15 is 0 Å². The average Bonchev–Trinajstić information content (AvgIpc) is 2.76. The molecule has 1 atom stereocenters. The Morgan fingerprint density at radius 1 is 0.906 bits per heavy atom. The van der Waals surface area contributed by atoms with Gasteiger partial charge in [-0.3, -0.25) is 9.59 Å². The number of ether oxygens (including phenoxy) is 1. The molecule has 3 aromatic carbocycles. The number of hydrogen-bond acceptors (Lipinski definition) is 3. The van der Waals surface area contributed by atoms with Crippen molar-refractivity contribution in [2.24, 2.45) is 0 Å². The molecule has 0 saturated heterocycles. The van der Waals surface area contributed by atoms with Crippen LogP contribution in [0.25, 0.3) is 0 Å². The average molecular weight is 462 g/mol. The lowest BCUT2D eigenvalue weighted by Crippen LogP contribution is -2.32. The molecule has 32 heavy (non-hydrogen) atoms. The number of anilines is 1. The van der Waals surface area contributed by atoms with E-state index in [4.69, 9.17) is 16.3 Å². The van der Waals surface area contributed by atoms with Gasteiger partial charge in [-0.05, 0) is 36.2 Å². The molecular weight excluding hydrogens is 443 g/mol. The standard InChI is InChI=1S/C24H19ClF3NO3/c1-15(22(30)29-20-14-18(24(26,27)28)12-13-19(20)25)32-23(31)21(16-8-4-2-5-9-16)17-10-6-3-7-11-17/h2-15,21H,1H3,(H,29,30). The molecule has 3 rings (SSSR count). The Morgan fingerprint density at radius 3 is 1.94 bits per heavy atom. The summed E-state index contributed by atoms with van der Waals surface area (Å²) in [5.41, 5.74) is 0.168. The summed E-state index contributed by atoms with van der Waals surface area (Å²) in [6.45, 7) is 1.34. The summed E-state index contributed by atoms with van der Waals surface area (Å²) < 4.78 is 44.2. The fraction of sp³-hybridized carbons (Fsp3) is 0.167. The number of halogens is 4. The van der Waals surface area contributed by atoms with Gasteiger partial charge in [-0.1, -0.05) is 72.3 Å². The lowest BCUT2D eigenvalue weighted by molar-refractivity contribution is -0.153. The molecule has 0 aromatic heterocycles. The third-order valence-corrected chi connectivity index (χ3v) is 5.04. The van der Waals surface area contributed by atoms with Crippen LogP contribution in [0.2, 0.25) is 5.02 Å². The first-order valence-corrected chi connectivity index (χ1v) is 10.0. The van der Waals surface area contributed by atoms with Crippen molar-refractivity contribution in [2.75, 3.05) is 5.32 Å². The number of benzene rings is 3. The third-order valence-electron chi connectivity index (χ3n) is 4.72. The van der Waals surface area contributed by atoms with Crippen molar-refractivity contribution >= 4 is 29.2 Å². The predicted molar refractivity (Wildman–Crippen MR) is 115 cm³/mol. The van der Waals surface area contributed by atoms with E-state index < -0.39 is 35.6 Å². The fourth-order valence-corrected chi connectivity index (χ4v) is 3.25. The van der Waals surface area contributed by atoms with E-state index in [9.17, 15) is 22.8 Å². The molecule has 0 bridgehead atoms. The van der Waals surface area contributed by atoms with Gasteiger partial charge < -0.3 is 10.1 Å². The monoisotopic (exact) mass is 461 g/mol. The zero-order valence-electron chi connectivity index (χ0n) is 16.9. The van der Waals surface area contributed by atoms with Gasteiger partial charge in [0.25, 0.3) is 5.91 Å². The summed E-state index contributed by atoms with van der Waals surface area (Å²) in [4.78, 5) is 25.5. The molecule has 0 aliphatic rings. The van der Waals surface area contributed by atoms with Crippen molar-refractivity contribution in [3.8, 4) is 0 Å². The van der Waals surface area contributed by atoms with Gasteiger partial charge in [-0.15, -0.1) is 0 Å². The first-order chi connectivity index (χ1) is 15.2. The largest absolute Gasteiger partial charge is 0.452 e. The van der Waals surface area contributed by atoms with Gasteiger partial charge in [0.1, 0.15) is 5.92 Å². The van der Waals surface area contributed by atoms with Crippen molar-refractivity contribution in [3.63, 3.8) is 0 Å². The zero-order chi connectivity index (χ0) is 23.3. The molecule has 0 radical (unpaired) electrons. The minimum atomic E-state index is -4.60. The Labute approximate surface area is 188 Å². The number of hydrogen-bond donors (Lipinski definition) is 1. The first kappa shape index (κ1) is 23.3. The lowest BCUT2D eigenvalue weighted by Gasteiger charge is -2.20. The van der Waals surface area contributed by atoms with Crippen LogP contribution in [0.15, 0.2) is 78.9 Å². The predicted octanol–water partition coefficient (Wildman–Crippen LogP) is 6.06. The van der Waals surface area contributed by atoms with E-state index in [1.807, 2.05) is 12.1 Å². The molecular formula is C24H19ClF3NO3. The van der Waals surface area contributed by atoms with Crippen LogP contribution >= 0.6 is 11.6 Å². The van der Waals surface area contributed by atoms with E-state index in [2.05, 4.69) is 5.32 Å². The molecule has 0 heterocycles. The highest BCUT2D eigenvalue weighted by Gasteiger charge is 2.32. The Hall–Kier alpha value is -3.32. The highest BCUT2D eigenvalue weighted by Crippen LogP contribution is 2.34. The summed E-state index contributed by atoms with van der Waals surface area (Å²) in [6, 6.07) is 20.4. The first-order valence-electron chi connectivity index (χ1n) is 9.65. The second-order valence-electron chi connectivity index (χ2n) is 7.02. The Balaban J connectivity index is 1.77. The van der Waals surface area contributed by atoms with Crippen LogP contribution in [0, 0.1) is 0 Å². The van der Waals surface area contributed by atoms with Gasteiger partial charge in [0, 0.05) is 0 Å². The minimum Gasteiger partial charge on any atom is -0.452 e. The summed E-state index contributed by atoms with van der Waals surface area (Å²) in [5, 5.41) is 2.23. The second-order valence-corrected chi connectivity index (χ2v) is 7.42. The van der Waals surface area contributed by atoms with Gasteiger partial charge in [0.05, 0.1) is 16.3 Å². The van der Waals surface area contributed by atoms with Gasteiger partial charge in [0.2, 0.25) is 0 Å². The summed E-state index contributed by atoms with van der Waals surface area (Å²) in [6.07, 6.45) is -5.87. The molecule has 0 aliphatic heterocycles. The summed E-state index contributed by atoms with van der Waals surface area (Å²) >= 11 is 5.92. The van der Waals surface area contributed by atoms with Crippen LogP contribution in [0.1, 0.15) is 29.5 Å². The van der Waals surface area contributed by atoms with E-state index in [0.717, 1.165) is 18.2 Å². The van der Waals surface area contributed by atoms with E-state index in [1.165, 1.54) is 6.92 Å². The van der Waals surface area contributed by atoms with Crippen LogP contribution in [0.4, 0.5) is 18.9 Å². The number of carbonyl (C=O) groups is 2. The number of nitrogens with one attached hydrogen (secondary N) is 1. The minimum absolute atomic E-state index is 0.0728. The van der Waals surface area contributed by atoms with Crippen molar-refractivity contribution in [1.29, 1.82) is 0 Å². The van der Waals surface area contributed by atoms with Crippen LogP contribution in [-0.2, 0) is 20.5 Å². The Kier molecular flexibility index (Phi) is 7.20.